The summed E-state index contributed by atoms with van der Waals surface area (Å²) in [4.78, 5) is 11.5. The Kier molecular flexibility index (Phi) is 2.70. The number of halogens is 1. The molecule has 0 aliphatic heterocycles. The molecule has 3 heteroatoms. The summed E-state index contributed by atoms with van der Waals surface area (Å²) in [7, 11) is 1.40. The van der Waals surface area contributed by atoms with Gasteiger partial charge in [0.1, 0.15) is 5.82 Å². The van der Waals surface area contributed by atoms with Gasteiger partial charge in [-0.15, -0.1) is 0 Å². The molecule has 1 aromatic rings. The molecule has 0 unspecified atom stereocenters. The molecule has 86 valence electrons. The van der Waals surface area contributed by atoms with E-state index in [4.69, 9.17) is 4.74 Å². The molecule has 0 spiro atoms. The number of hydrogen-bond acceptors (Lipinski definition) is 2. The fourth-order valence-corrected chi connectivity index (χ4v) is 2.47. The van der Waals surface area contributed by atoms with Gasteiger partial charge in [-0.25, -0.2) is 4.39 Å². The molecule has 0 amide bonds. The lowest BCUT2D eigenvalue weighted by molar-refractivity contribution is -0.142. The van der Waals surface area contributed by atoms with Crippen molar-refractivity contribution < 1.29 is 13.9 Å². The van der Waals surface area contributed by atoms with E-state index in [2.05, 4.69) is 0 Å². The van der Waals surface area contributed by atoms with Gasteiger partial charge in [0.25, 0.3) is 0 Å². The highest BCUT2D eigenvalue weighted by molar-refractivity contribution is 5.79. The molecule has 0 radical (unpaired) electrons. The number of rotatable bonds is 3. The van der Waals surface area contributed by atoms with E-state index in [1.165, 1.54) is 19.2 Å². The minimum atomic E-state index is -0.249. The lowest BCUT2D eigenvalue weighted by Crippen LogP contribution is -2.15. The fraction of sp³-hybridized carbons (Fsp3) is 0.462. The highest BCUT2D eigenvalue weighted by Crippen LogP contribution is 2.57. The third-order valence-electron chi connectivity index (χ3n) is 3.59. The first-order valence-corrected chi connectivity index (χ1v) is 5.48. The molecule has 16 heavy (non-hydrogen) atoms. The maximum absolute atomic E-state index is 13.2. The maximum Gasteiger partial charge on any atom is 0.309 e. The van der Waals surface area contributed by atoms with Crippen molar-refractivity contribution in [1.29, 1.82) is 0 Å². The molecule has 1 aliphatic rings. The molecule has 0 heterocycles. The number of methoxy groups -OCH3 is 1. The van der Waals surface area contributed by atoms with Crippen molar-refractivity contribution in [3.8, 4) is 0 Å². The van der Waals surface area contributed by atoms with Crippen molar-refractivity contribution in [3.05, 3.63) is 35.6 Å². The molecule has 0 bridgehead atoms. The van der Waals surface area contributed by atoms with Crippen molar-refractivity contribution in [2.75, 3.05) is 7.11 Å². The minimum Gasteiger partial charge on any atom is -0.469 e. The Morgan fingerprint density at radius 2 is 2.38 bits per heavy atom. The van der Waals surface area contributed by atoms with E-state index in [-0.39, 0.29) is 23.1 Å². The van der Waals surface area contributed by atoms with Crippen LogP contribution >= 0.6 is 0 Å². The average Bonchev–Trinajstić information content (AvgIpc) is 3.04. The Bertz CT molecular complexity index is 416. The van der Waals surface area contributed by atoms with Crippen molar-refractivity contribution in [2.24, 2.45) is 5.92 Å². The van der Waals surface area contributed by atoms with Crippen molar-refractivity contribution in [3.63, 3.8) is 0 Å². The molecule has 2 rings (SSSR count). The van der Waals surface area contributed by atoms with Crippen LogP contribution in [-0.4, -0.2) is 13.1 Å². The zero-order valence-electron chi connectivity index (χ0n) is 9.50. The first-order valence-electron chi connectivity index (χ1n) is 5.48. The Morgan fingerprint density at radius 3 is 2.94 bits per heavy atom. The van der Waals surface area contributed by atoms with E-state index in [1.54, 1.807) is 6.07 Å². The van der Waals surface area contributed by atoms with Gasteiger partial charge >= 0.3 is 5.97 Å². The predicted molar refractivity (Wildman–Crippen MR) is 58.5 cm³/mol. The number of esters is 1. The van der Waals surface area contributed by atoms with Gasteiger partial charge in [0.15, 0.2) is 0 Å². The van der Waals surface area contributed by atoms with Gasteiger partial charge in [-0.1, -0.05) is 19.1 Å². The summed E-state index contributed by atoms with van der Waals surface area (Å²) in [5.41, 5.74) is 0.709. The predicted octanol–water partition coefficient (Wildman–Crippen LogP) is 2.67. The summed E-state index contributed by atoms with van der Waals surface area (Å²) in [5, 5.41) is 0. The second-order valence-electron chi connectivity index (χ2n) is 4.30. The topological polar surface area (TPSA) is 26.3 Å². The number of hydrogen-bond donors (Lipinski definition) is 0. The van der Waals surface area contributed by atoms with Crippen LogP contribution in [0.1, 0.15) is 25.3 Å². The molecule has 0 saturated heterocycles. The summed E-state index contributed by atoms with van der Waals surface area (Å²) >= 11 is 0. The van der Waals surface area contributed by atoms with Crippen LogP contribution in [0.4, 0.5) is 4.39 Å². The van der Waals surface area contributed by atoms with E-state index in [0.29, 0.717) is 0 Å². The Balaban J connectivity index is 2.29. The van der Waals surface area contributed by atoms with Gasteiger partial charge in [0, 0.05) is 5.41 Å². The monoisotopic (exact) mass is 222 g/mol. The number of benzene rings is 1. The van der Waals surface area contributed by atoms with Crippen LogP contribution in [0.5, 0.6) is 0 Å². The van der Waals surface area contributed by atoms with Crippen LogP contribution in [0.15, 0.2) is 24.3 Å². The van der Waals surface area contributed by atoms with E-state index < -0.39 is 0 Å². The molecule has 2 atom stereocenters. The summed E-state index contributed by atoms with van der Waals surface area (Å²) in [6.45, 7) is 2.02. The van der Waals surface area contributed by atoms with Gasteiger partial charge < -0.3 is 4.74 Å². The largest absolute Gasteiger partial charge is 0.469 e. The Labute approximate surface area is 94.4 Å². The molecule has 2 nitrogen and oxygen atoms in total. The quantitative estimate of drug-likeness (QED) is 0.735. The highest BCUT2D eigenvalue weighted by atomic mass is 19.1. The van der Waals surface area contributed by atoms with E-state index in [9.17, 15) is 9.18 Å². The Hall–Kier alpha value is -1.38. The van der Waals surface area contributed by atoms with E-state index in [0.717, 1.165) is 18.4 Å². The normalized spacial score (nSPS) is 27.6. The van der Waals surface area contributed by atoms with Crippen LogP contribution in [0.25, 0.3) is 0 Å². The third-order valence-corrected chi connectivity index (χ3v) is 3.59. The third kappa shape index (κ3) is 1.60. The SMILES string of the molecule is CC[C@@]1(c2cccc(F)c2)C[C@H]1C(=O)OC. The first kappa shape index (κ1) is 11.1. The Morgan fingerprint density at radius 1 is 1.62 bits per heavy atom. The summed E-state index contributed by atoms with van der Waals surface area (Å²) < 4.78 is 17.9. The molecule has 0 N–H and O–H groups in total. The minimum absolute atomic E-state index is 0.107. The van der Waals surface area contributed by atoms with Gasteiger partial charge in [0.2, 0.25) is 0 Å². The van der Waals surface area contributed by atoms with E-state index in [1.807, 2.05) is 13.0 Å². The zero-order chi connectivity index (χ0) is 11.8. The molecule has 1 saturated carbocycles. The van der Waals surface area contributed by atoms with Crippen LogP contribution < -0.4 is 0 Å². The van der Waals surface area contributed by atoms with Crippen LogP contribution in [0.2, 0.25) is 0 Å². The van der Waals surface area contributed by atoms with Crippen LogP contribution in [-0.2, 0) is 14.9 Å². The molecule has 1 aliphatic carbocycles. The molecular weight excluding hydrogens is 207 g/mol. The van der Waals surface area contributed by atoms with Gasteiger partial charge in [-0.3, -0.25) is 4.79 Å². The lowest BCUT2D eigenvalue weighted by atomic mass is 9.90. The van der Waals surface area contributed by atoms with E-state index >= 15 is 0 Å². The molecule has 0 aromatic heterocycles. The summed E-state index contributed by atoms with van der Waals surface area (Å²) in [6.07, 6.45) is 1.59. The second-order valence-corrected chi connectivity index (χ2v) is 4.30. The maximum atomic E-state index is 13.2. The average molecular weight is 222 g/mol. The van der Waals surface area contributed by atoms with Crippen LogP contribution in [0.3, 0.4) is 0 Å². The second kappa shape index (κ2) is 3.89. The van der Waals surface area contributed by atoms with Crippen molar-refractivity contribution in [1.82, 2.24) is 0 Å². The number of carbonyl (C=O) groups excluding carboxylic acids is 1. The molecule has 1 aromatic carbocycles. The van der Waals surface area contributed by atoms with Gasteiger partial charge in [0.05, 0.1) is 13.0 Å². The van der Waals surface area contributed by atoms with Gasteiger partial charge in [-0.05, 0) is 30.5 Å². The number of carbonyl (C=O) groups is 1. The lowest BCUT2D eigenvalue weighted by Gasteiger charge is -2.14. The zero-order valence-corrected chi connectivity index (χ0v) is 9.50. The highest BCUT2D eigenvalue weighted by Gasteiger charge is 2.58. The molecular formula is C13H15FO2. The first-order chi connectivity index (χ1) is 7.64. The summed E-state index contributed by atoms with van der Waals surface area (Å²) in [5.74, 6) is -0.545. The van der Waals surface area contributed by atoms with Crippen LogP contribution in [0, 0.1) is 11.7 Å². The van der Waals surface area contributed by atoms with Gasteiger partial charge in [-0.2, -0.15) is 0 Å². The van der Waals surface area contributed by atoms with Crippen molar-refractivity contribution in [2.45, 2.75) is 25.2 Å². The van der Waals surface area contributed by atoms with Crippen molar-refractivity contribution >= 4 is 5.97 Å². The molecule has 1 fully saturated rings. The fourth-order valence-electron chi connectivity index (χ4n) is 2.47. The number of ether oxygens (including phenoxy) is 1. The summed E-state index contributed by atoms with van der Waals surface area (Å²) in [6, 6.07) is 6.51. The smallest absolute Gasteiger partial charge is 0.309 e. The standard InChI is InChI=1S/C13H15FO2/c1-3-13(8-11(13)12(15)16-2)9-5-4-6-10(14)7-9/h4-7,11H,3,8H2,1-2H3/t11-,13-/m0/s1.